The third-order valence-electron chi connectivity index (χ3n) is 3.69. The summed E-state index contributed by atoms with van der Waals surface area (Å²) in [5.41, 5.74) is 1.41. The fourth-order valence-electron chi connectivity index (χ4n) is 2.41. The highest BCUT2D eigenvalue weighted by atomic mass is 35.5. The molecule has 1 saturated heterocycles. The van der Waals surface area contributed by atoms with Gasteiger partial charge in [0.15, 0.2) is 0 Å². The Morgan fingerprint density at radius 3 is 2.46 bits per heavy atom. The molecule has 2 aromatic rings. The average molecular weight is 459 g/mol. The van der Waals surface area contributed by atoms with Crippen LogP contribution >= 0.6 is 46.6 Å². The predicted octanol–water partition coefficient (Wildman–Crippen LogP) is 5.74. The Kier molecular flexibility index (Phi) is 6.78. The van der Waals surface area contributed by atoms with E-state index in [1.807, 2.05) is 13.0 Å². The van der Waals surface area contributed by atoms with Crippen molar-refractivity contribution in [3.05, 3.63) is 61.4 Å². The van der Waals surface area contributed by atoms with E-state index in [9.17, 15) is 9.59 Å². The van der Waals surface area contributed by atoms with Crippen LogP contribution in [0.25, 0.3) is 6.08 Å². The molecular formula is C19H14Cl3NO4S. The van der Waals surface area contributed by atoms with Gasteiger partial charge >= 0.3 is 0 Å². The van der Waals surface area contributed by atoms with Gasteiger partial charge < -0.3 is 9.47 Å². The first-order valence-corrected chi connectivity index (χ1v) is 10.0. The quantitative estimate of drug-likeness (QED) is 0.442. The third-order valence-corrected chi connectivity index (χ3v) is 5.43. The van der Waals surface area contributed by atoms with Crippen LogP contribution < -0.4 is 14.8 Å². The average Bonchev–Trinajstić information content (AvgIpc) is 2.93. The van der Waals surface area contributed by atoms with Gasteiger partial charge in [-0.2, -0.15) is 0 Å². The molecule has 0 spiro atoms. The van der Waals surface area contributed by atoms with Gasteiger partial charge in [0, 0.05) is 15.6 Å². The largest absolute Gasteiger partial charge is 0.490 e. The van der Waals surface area contributed by atoms with Gasteiger partial charge in [0.2, 0.25) is 0 Å². The standard InChI is InChI=1S/C19H14Cl3NO4S/c1-10-6-13(2-3-14(10)21)26-4-5-27-17-11(7-12(20)9-15(17)22)8-16-18(24)23-19(25)28-16/h2-3,6-9H,4-5H2,1H3,(H,23,24,25)/b16-8-. The minimum absolute atomic E-state index is 0.206. The summed E-state index contributed by atoms with van der Waals surface area (Å²) in [7, 11) is 0. The zero-order valence-electron chi connectivity index (χ0n) is 14.6. The molecule has 0 unspecified atom stereocenters. The minimum atomic E-state index is -0.474. The summed E-state index contributed by atoms with van der Waals surface area (Å²) in [6.07, 6.45) is 1.52. The Morgan fingerprint density at radius 2 is 1.79 bits per heavy atom. The number of thioether (sulfide) groups is 1. The maximum Gasteiger partial charge on any atom is 0.290 e. The second kappa shape index (κ2) is 9.09. The number of hydrogen-bond acceptors (Lipinski definition) is 5. The topological polar surface area (TPSA) is 64.6 Å². The smallest absolute Gasteiger partial charge is 0.290 e. The van der Waals surface area contributed by atoms with Crippen molar-refractivity contribution in [3.63, 3.8) is 0 Å². The van der Waals surface area contributed by atoms with Crippen LogP contribution in [-0.2, 0) is 4.79 Å². The molecule has 0 aromatic heterocycles. The molecular weight excluding hydrogens is 445 g/mol. The molecule has 5 nitrogen and oxygen atoms in total. The van der Waals surface area contributed by atoms with E-state index in [0.29, 0.717) is 27.1 Å². The highest BCUT2D eigenvalue weighted by Gasteiger charge is 2.25. The molecule has 3 rings (SSSR count). The third kappa shape index (κ3) is 5.14. The fourth-order valence-corrected chi connectivity index (χ4v) is 3.77. The van der Waals surface area contributed by atoms with Gasteiger partial charge in [0.05, 0.1) is 9.93 Å². The van der Waals surface area contributed by atoms with E-state index in [2.05, 4.69) is 5.32 Å². The summed E-state index contributed by atoms with van der Waals surface area (Å²) >= 11 is 19.1. The van der Waals surface area contributed by atoms with Crippen LogP contribution in [0.2, 0.25) is 15.1 Å². The van der Waals surface area contributed by atoms with Crippen molar-refractivity contribution < 1.29 is 19.1 Å². The van der Waals surface area contributed by atoms with Gasteiger partial charge in [0.25, 0.3) is 11.1 Å². The van der Waals surface area contributed by atoms with Gasteiger partial charge in [-0.25, -0.2) is 0 Å². The van der Waals surface area contributed by atoms with E-state index >= 15 is 0 Å². The van der Waals surface area contributed by atoms with Crippen molar-refractivity contribution in [2.24, 2.45) is 0 Å². The Hall–Kier alpha value is -1.86. The van der Waals surface area contributed by atoms with Gasteiger partial charge in [-0.15, -0.1) is 0 Å². The van der Waals surface area contributed by atoms with Crippen LogP contribution in [-0.4, -0.2) is 24.4 Å². The molecule has 2 amide bonds. The molecule has 28 heavy (non-hydrogen) atoms. The molecule has 0 bridgehead atoms. The number of amides is 2. The Balaban J connectivity index is 1.71. The van der Waals surface area contributed by atoms with Crippen LogP contribution in [0.1, 0.15) is 11.1 Å². The maximum absolute atomic E-state index is 11.8. The zero-order valence-corrected chi connectivity index (χ0v) is 17.6. The van der Waals surface area contributed by atoms with Crippen molar-refractivity contribution in [1.82, 2.24) is 5.32 Å². The second-order valence-corrected chi connectivity index (χ2v) is 8.03. The van der Waals surface area contributed by atoms with Crippen LogP contribution in [0.15, 0.2) is 35.2 Å². The Labute approximate surface area is 180 Å². The van der Waals surface area contributed by atoms with Crippen molar-refractivity contribution in [2.45, 2.75) is 6.92 Å². The molecule has 0 saturated carbocycles. The van der Waals surface area contributed by atoms with Gasteiger partial charge in [-0.1, -0.05) is 34.8 Å². The van der Waals surface area contributed by atoms with E-state index in [1.165, 1.54) is 12.1 Å². The number of rotatable bonds is 6. The molecule has 0 atom stereocenters. The summed E-state index contributed by atoms with van der Waals surface area (Å²) < 4.78 is 11.4. The summed E-state index contributed by atoms with van der Waals surface area (Å²) in [6.45, 7) is 2.36. The molecule has 0 aliphatic carbocycles. The van der Waals surface area contributed by atoms with E-state index in [4.69, 9.17) is 44.3 Å². The monoisotopic (exact) mass is 457 g/mol. The van der Waals surface area contributed by atoms with E-state index < -0.39 is 11.1 Å². The van der Waals surface area contributed by atoms with Crippen molar-refractivity contribution in [3.8, 4) is 11.5 Å². The van der Waals surface area contributed by atoms with Crippen LogP contribution in [0.5, 0.6) is 11.5 Å². The van der Waals surface area contributed by atoms with Gasteiger partial charge in [0.1, 0.15) is 24.7 Å². The molecule has 1 aliphatic heterocycles. The van der Waals surface area contributed by atoms with Crippen molar-refractivity contribution in [1.29, 1.82) is 0 Å². The normalized spacial score (nSPS) is 15.1. The van der Waals surface area contributed by atoms with Gasteiger partial charge in [-0.05, 0) is 60.7 Å². The summed E-state index contributed by atoms with van der Waals surface area (Å²) in [4.78, 5) is 23.4. The number of halogens is 3. The SMILES string of the molecule is Cc1cc(OCCOc2c(Cl)cc(Cl)cc2/C=C2\SC(=O)NC2=O)ccc1Cl. The molecule has 146 valence electrons. The number of carbonyl (C=O) groups excluding carboxylic acids is 2. The molecule has 9 heteroatoms. The van der Waals surface area contributed by atoms with Gasteiger partial charge in [-0.3, -0.25) is 14.9 Å². The van der Waals surface area contributed by atoms with Crippen LogP contribution in [0.3, 0.4) is 0 Å². The fraction of sp³-hybridized carbons (Fsp3) is 0.158. The number of benzene rings is 2. The number of carbonyl (C=O) groups is 2. The zero-order chi connectivity index (χ0) is 20.3. The predicted molar refractivity (Wildman–Crippen MR) is 113 cm³/mol. The van der Waals surface area contributed by atoms with Crippen LogP contribution in [0.4, 0.5) is 4.79 Å². The number of nitrogens with one attached hydrogen (secondary N) is 1. The highest BCUT2D eigenvalue weighted by Crippen LogP contribution is 2.36. The molecule has 1 aliphatic rings. The van der Waals surface area contributed by atoms with E-state index in [-0.39, 0.29) is 23.1 Å². The van der Waals surface area contributed by atoms with Crippen LogP contribution in [0, 0.1) is 6.92 Å². The Morgan fingerprint density at radius 1 is 1.04 bits per heavy atom. The molecule has 2 aromatic carbocycles. The lowest BCUT2D eigenvalue weighted by Gasteiger charge is -2.13. The lowest BCUT2D eigenvalue weighted by molar-refractivity contribution is -0.115. The summed E-state index contributed by atoms with van der Waals surface area (Å²) in [5.74, 6) is 0.549. The second-order valence-electron chi connectivity index (χ2n) is 5.77. The lowest BCUT2D eigenvalue weighted by Crippen LogP contribution is -2.17. The molecule has 0 radical (unpaired) electrons. The molecule has 1 fully saturated rings. The number of ether oxygens (including phenoxy) is 2. The van der Waals surface area contributed by atoms with Crippen molar-refractivity contribution >= 4 is 63.8 Å². The lowest BCUT2D eigenvalue weighted by atomic mass is 10.2. The summed E-state index contributed by atoms with van der Waals surface area (Å²) in [6, 6.07) is 8.51. The Bertz CT molecular complexity index is 978. The first-order chi connectivity index (χ1) is 13.3. The van der Waals surface area contributed by atoms with E-state index in [1.54, 1.807) is 18.2 Å². The maximum atomic E-state index is 11.8. The number of hydrogen-bond donors (Lipinski definition) is 1. The number of imide groups is 1. The van der Waals surface area contributed by atoms with E-state index in [0.717, 1.165) is 17.3 Å². The molecule has 1 heterocycles. The summed E-state index contributed by atoms with van der Waals surface area (Å²) in [5, 5.41) is 3.10. The highest BCUT2D eigenvalue weighted by molar-refractivity contribution is 8.18. The molecule has 1 N–H and O–H groups in total. The first-order valence-electron chi connectivity index (χ1n) is 8.09. The first kappa shape index (κ1) is 20.9. The number of aryl methyl sites for hydroxylation is 1. The minimum Gasteiger partial charge on any atom is -0.490 e. The van der Waals surface area contributed by atoms with Crippen molar-refractivity contribution in [2.75, 3.05) is 13.2 Å².